The van der Waals surface area contributed by atoms with Gasteiger partial charge < -0.3 is 5.73 Å². The lowest BCUT2D eigenvalue weighted by Crippen LogP contribution is -2.05. The zero-order chi connectivity index (χ0) is 10.9. The highest BCUT2D eigenvalue weighted by Crippen LogP contribution is 2.27. The van der Waals surface area contributed by atoms with Crippen LogP contribution in [0.1, 0.15) is 22.3 Å². The molecule has 0 spiro atoms. The Hall–Kier alpha value is -1.49. The molecule has 0 heterocycles. The topological polar surface area (TPSA) is 26.0 Å². The van der Waals surface area contributed by atoms with Crippen molar-refractivity contribution < 1.29 is 4.39 Å². The van der Waals surface area contributed by atoms with E-state index in [0.717, 1.165) is 16.7 Å². The Morgan fingerprint density at radius 3 is 2.29 bits per heavy atom. The number of anilines is 1. The molecule has 0 aliphatic carbocycles. The fraction of sp³-hybridized carbons (Fsp3) is 0.333. The maximum absolute atomic E-state index is 13.6. The lowest BCUT2D eigenvalue weighted by Gasteiger charge is -2.14. The molecule has 0 saturated heterocycles. The number of nitrogens with two attached hydrogens (primary N) is 1. The van der Waals surface area contributed by atoms with Gasteiger partial charge in [-0.25, -0.2) is 4.39 Å². The van der Waals surface area contributed by atoms with Gasteiger partial charge in [-0.2, -0.15) is 0 Å². The van der Waals surface area contributed by atoms with E-state index in [2.05, 4.69) is 5.92 Å². The van der Waals surface area contributed by atoms with Crippen molar-refractivity contribution in [2.75, 3.05) is 5.73 Å². The zero-order valence-electron chi connectivity index (χ0n) is 8.74. The van der Waals surface area contributed by atoms with E-state index in [0.29, 0.717) is 12.0 Å². The number of halogens is 1. The summed E-state index contributed by atoms with van der Waals surface area (Å²) in [7, 11) is 0. The van der Waals surface area contributed by atoms with Gasteiger partial charge in [-0.15, -0.1) is 12.3 Å². The molecule has 0 atom stereocenters. The SMILES string of the molecule is C#CCc1c(C)c(C)c(N)c(F)c1C. The minimum Gasteiger partial charge on any atom is -0.396 e. The van der Waals surface area contributed by atoms with Crippen LogP contribution in [-0.4, -0.2) is 0 Å². The summed E-state index contributed by atoms with van der Waals surface area (Å²) in [6.45, 7) is 5.45. The highest BCUT2D eigenvalue weighted by atomic mass is 19.1. The van der Waals surface area contributed by atoms with Gasteiger partial charge >= 0.3 is 0 Å². The van der Waals surface area contributed by atoms with E-state index in [9.17, 15) is 4.39 Å². The van der Waals surface area contributed by atoms with Gasteiger partial charge in [0.2, 0.25) is 0 Å². The monoisotopic (exact) mass is 191 g/mol. The van der Waals surface area contributed by atoms with Gasteiger partial charge in [0.15, 0.2) is 0 Å². The second kappa shape index (κ2) is 3.71. The molecular formula is C12H14FN. The molecule has 0 aliphatic heterocycles. The van der Waals surface area contributed by atoms with Crippen molar-refractivity contribution in [1.82, 2.24) is 0 Å². The molecule has 0 saturated carbocycles. The summed E-state index contributed by atoms with van der Waals surface area (Å²) in [6.07, 6.45) is 5.69. The molecule has 1 nitrogen and oxygen atoms in total. The number of terminal acetylenes is 1. The van der Waals surface area contributed by atoms with Crippen molar-refractivity contribution in [3.05, 3.63) is 28.1 Å². The highest BCUT2D eigenvalue weighted by Gasteiger charge is 2.14. The standard InChI is InChI=1S/C12H14FN/c1-5-6-10-7(2)8(3)12(14)11(13)9(10)4/h1H,6,14H2,2-4H3. The molecule has 0 aromatic heterocycles. The van der Waals surface area contributed by atoms with Crippen LogP contribution in [0.3, 0.4) is 0 Å². The largest absolute Gasteiger partial charge is 0.396 e. The average Bonchev–Trinajstić information content (AvgIpc) is 2.19. The van der Waals surface area contributed by atoms with Crippen LogP contribution < -0.4 is 5.73 Å². The van der Waals surface area contributed by atoms with Crippen LogP contribution in [0.15, 0.2) is 0 Å². The Kier molecular flexibility index (Phi) is 2.81. The zero-order valence-corrected chi connectivity index (χ0v) is 8.74. The van der Waals surface area contributed by atoms with Gasteiger partial charge in [0.05, 0.1) is 5.69 Å². The van der Waals surface area contributed by atoms with Gasteiger partial charge in [0, 0.05) is 6.42 Å². The van der Waals surface area contributed by atoms with Gasteiger partial charge in [0.1, 0.15) is 5.82 Å². The second-order valence-electron chi connectivity index (χ2n) is 3.46. The van der Waals surface area contributed by atoms with E-state index >= 15 is 0 Å². The molecule has 14 heavy (non-hydrogen) atoms. The van der Waals surface area contributed by atoms with E-state index in [1.165, 1.54) is 0 Å². The Labute approximate surface area is 84.1 Å². The van der Waals surface area contributed by atoms with Gasteiger partial charge in [-0.3, -0.25) is 0 Å². The summed E-state index contributed by atoms with van der Waals surface area (Å²) in [5.74, 6) is 2.20. The molecule has 0 fully saturated rings. The van der Waals surface area contributed by atoms with Crippen molar-refractivity contribution >= 4 is 5.69 Å². The van der Waals surface area contributed by atoms with E-state index in [1.807, 2.05) is 13.8 Å². The third-order valence-corrected chi connectivity index (χ3v) is 2.72. The lowest BCUT2D eigenvalue weighted by molar-refractivity contribution is 0.619. The average molecular weight is 191 g/mol. The third kappa shape index (κ3) is 1.46. The number of rotatable bonds is 1. The molecule has 74 valence electrons. The lowest BCUT2D eigenvalue weighted by atomic mass is 9.94. The number of hydrogen-bond donors (Lipinski definition) is 1. The van der Waals surface area contributed by atoms with E-state index in [4.69, 9.17) is 12.2 Å². The molecule has 1 rings (SSSR count). The van der Waals surface area contributed by atoms with E-state index < -0.39 is 0 Å². The maximum Gasteiger partial charge on any atom is 0.149 e. The predicted molar refractivity (Wildman–Crippen MR) is 57.6 cm³/mol. The smallest absolute Gasteiger partial charge is 0.149 e. The van der Waals surface area contributed by atoms with Crippen LogP contribution in [0.4, 0.5) is 10.1 Å². The first-order valence-corrected chi connectivity index (χ1v) is 4.47. The Morgan fingerprint density at radius 1 is 1.21 bits per heavy atom. The summed E-state index contributed by atoms with van der Waals surface area (Å²) >= 11 is 0. The Balaban J connectivity index is 3.53. The Bertz CT molecular complexity index is 384. The summed E-state index contributed by atoms with van der Waals surface area (Å²) < 4.78 is 13.6. The third-order valence-electron chi connectivity index (χ3n) is 2.72. The molecule has 0 unspecified atom stereocenters. The summed E-state index contributed by atoms with van der Waals surface area (Å²) in [6, 6.07) is 0. The second-order valence-corrected chi connectivity index (χ2v) is 3.46. The quantitative estimate of drug-likeness (QED) is 0.535. The molecule has 0 aliphatic rings. The van der Waals surface area contributed by atoms with Gasteiger partial charge in [-0.05, 0) is 43.0 Å². The van der Waals surface area contributed by atoms with Crippen molar-refractivity contribution in [2.45, 2.75) is 27.2 Å². The molecule has 2 N–H and O–H groups in total. The number of nitrogen functional groups attached to an aromatic ring is 1. The molecule has 1 aromatic rings. The fourth-order valence-electron chi connectivity index (χ4n) is 1.58. The predicted octanol–water partition coefficient (Wildman–Crippen LogP) is 2.51. The van der Waals surface area contributed by atoms with Crippen LogP contribution in [0.5, 0.6) is 0 Å². The van der Waals surface area contributed by atoms with Crippen molar-refractivity contribution in [2.24, 2.45) is 0 Å². The normalized spacial score (nSPS) is 9.93. The fourth-order valence-corrected chi connectivity index (χ4v) is 1.58. The minimum absolute atomic E-state index is 0.237. The first-order valence-electron chi connectivity index (χ1n) is 4.47. The minimum atomic E-state index is -0.335. The van der Waals surface area contributed by atoms with Crippen LogP contribution in [0.25, 0.3) is 0 Å². The van der Waals surface area contributed by atoms with Crippen molar-refractivity contribution in [3.63, 3.8) is 0 Å². The van der Waals surface area contributed by atoms with E-state index in [-0.39, 0.29) is 11.5 Å². The summed E-state index contributed by atoms with van der Waals surface area (Å²) in [5.41, 5.74) is 9.11. The van der Waals surface area contributed by atoms with Crippen molar-refractivity contribution in [3.8, 4) is 12.3 Å². The number of hydrogen-bond acceptors (Lipinski definition) is 1. The van der Waals surface area contributed by atoms with Crippen molar-refractivity contribution in [1.29, 1.82) is 0 Å². The van der Waals surface area contributed by atoms with Crippen LogP contribution in [-0.2, 0) is 6.42 Å². The van der Waals surface area contributed by atoms with Gasteiger partial charge in [0.25, 0.3) is 0 Å². The van der Waals surface area contributed by atoms with Gasteiger partial charge in [-0.1, -0.05) is 0 Å². The van der Waals surface area contributed by atoms with Crippen LogP contribution >= 0.6 is 0 Å². The van der Waals surface area contributed by atoms with E-state index in [1.54, 1.807) is 6.92 Å². The number of benzene rings is 1. The maximum atomic E-state index is 13.6. The molecule has 1 aromatic carbocycles. The summed E-state index contributed by atoms with van der Waals surface area (Å²) in [5, 5.41) is 0. The van der Waals surface area contributed by atoms with Crippen LogP contribution in [0.2, 0.25) is 0 Å². The first-order chi connectivity index (χ1) is 6.50. The molecule has 2 heteroatoms. The molecule has 0 radical (unpaired) electrons. The summed E-state index contributed by atoms with van der Waals surface area (Å²) in [4.78, 5) is 0. The first kappa shape index (κ1) is 10.6. The molecule has 0 bridgehead atoms. The molecule has 0 amide bonds. The molecular weight excluding hydrogens is 177 g/mol. The van der Waals surface area contributed by atoms with Crippen LogP contribution in [0, 0.1) is 38.9 Å². The highest BCUT2D eigenvalue weighted by molar-refractivity contribution is 5.58. The Morgan fingerprint density at radius 2 is 1.79 bits per heavy atom.